The van der Waals surface area contributed by atoms with Gasteiger partial charge in [0, 0.05) is 31.3 Å². The number of aliphatic hydroxyl groups excluding tert-OH is 1. The number of nitro groups is 1. The third-order valence-corrected chi connectivity index (χ3v) is 2.89. The average Bonchev–Trinajstić information content (AvgIpc) is 2.79. The van der Waals surface area contributed by atoms with E-state index in [0.29, 0.717) is 0 Å². The Kier molecular flexibility index (Phi) is 4.69. The van der Waals surface area contributed by atoms with E-state index < -0.39 is 17.2 Å². The van der Waals surface area contributed by atoms with Crippen molar-refractivity contribution < 1.29 is 24.4 Å². The molecule has 0 fully saturated rings. The number of rotatable bonds is 5. The number of ether oxygens (including phenoxy) is 1. The number of hydrogen-bond donors (Lipinski definition) is 2. The maximum Gasteiger partial charge on any atom is 0.412 e. The Labute approximate surface area is 124 Å². The summed E-state index contributed by atoms with van der Waals surface area (Å²) in [6.07, 6.45) is 0.847. The first-order chi connectivity index (χ1) is 10.5. The molecule has 9 heteroatoms. The molecule has 1 aromatic rings. The van der Waals surface area contributed by atoms with Crippen LogP contribution in [0.25, 0.3) is 0 Å². The molecule has 1 aliphatic heterocycles. The Balaban J connectivity index is 1.76. The standard InChI is InChI=1S/C13H13N3O6/c17-11-5-6-12(18)15(11)8-7-14-13(19)22-10-3-1-9(2-4-10)16(20)21/h1-6,11,17H,7-8H2,(H,14,19). The monoisotopic (exact) mass is 307 g/mol. The quantitative estimate of drug-likeness (QED) is 0.599. The van der Waals surface area contributed by atoms with Gasteiger partial charge in [0.05, 0.1) is 4.92 Å². The highest BCUT2D eigenvalue weighted by molar-refractivity contribution is 5.90. The lowest BCUT2D eigenvalue weighted by molar-refractivity contribution is -0.384. The van der Waals surface area contributed by atoms with Crippen molar-refractivity contribution in [3.05, 3.63) is 46.5 Å². The number of non-ortho nitro benzene ring substituents is 1. The van der Waals surface area contributed by atoms with Crippen molar-refractivity contribution in [2.45, 2.75) is 6.23 Å². The molecule has 116 valence electrons. The fraction of sp³-hybridized carbons (Fsp3) is 0.231. The molecule has 2 rings (SSSR count). The first-order valence-electron chi connectivity index (χ1n) is 6.34. The summed E-state index contributed by atoms with van der Waals surface area (Å²) in [4.78, 5) is 33.9. The van der Waals surface area contributed by atoms with Crippen molar-refractivity contribution in [1.82, 2.24) is 10.2 Å². The van der Waals surface area contributed by atoms with E-state index in [4.69, 9.17) is 4.74 Å². The summed E-state index contributed by atoms with van der Waals surface area (Å²) < 4.78 is 4.91. The van der Waals surface area contributed by atoms with Gasteiger partial charge in [0.1, 0.15) is 12.0 Å². The molecule has 0 saturated carbocycles. The van der Waals surface area contributed by atoms with Crippen LogP contribution in [-0.4, -0.2) is 46.2 Å². The Morgan fingerprint density at radius 3 is 2.64 bits per heavy atom. The van der Waals surface area contributed by atoms with E-state index in [1.165, 1.54) is 41.3 Å². The molecule has 1 atom stereocenters. The Bertz CT molecular complexity index is 613. The Hall–Kier alpha value is -2.94. The minimum atomic E-state index is -0.986. The first kappa shape index (κ1) is 15.4. The lowest BCUT2D eigenvalue weighted by Crippen LogP contribution is -2.40. The maximum absolute atomic E-state index is 11.5. The van der Waals surface area contributed by atoms with Crippen LogP contribution in [0.2, 0.25) is 0 Å². The van der Waals surface area contributed by atoms with E-state index in [0.717, 1.165) is 0 Å². The van der Waals surface area contributed by atoms with Gasteiger partial charge in [-0.15, -0.1) is 0 Å². The van der Waals surface area contributed by atoms with Crippen LogP contribution >= 0.6 is 0 Å². The van der Waals surface area contributed by atoms with Crippen LogP contribution in [0.15, 0.2) is 36.4 Å². The van der Waals surface area contributed by atoms with Crippen LogP contribution < -0.4 is 10.1 Å². The van der Waals surface area contributed by atoms with Gasteiger partial charge in [-0.05, 0) is 18.2 Å². The largest absolute Gasteiger partial charge is 0.412 e. The number of nitro benzene ring substituents is 1. The molecular formula is C13H13N3O6. The second kappa shape index (κ2) is 6.68. The van der Waals surface area contributed by atoms with E-state index in [-0.39, 0.29) is 30.4 Å². The zero-order valence-corrected chi connectivity index (χ0v) is 11.3. The molecule has 0 bridgehead atoms. The number of hydrogen-bond acceptors (Lipinski definition) is 6. The van der Waals surface area contributed by atoms with Gasteiger partial charge < -0.3 is 20.1 Å². The van der Waals surface area contributed by atoms with Gasteiger partial charge in [0.15, 0.2) is 0 Å². The fourth-order valence-corrected chi connectivity index (χ4v) is 1.80. The zero-order chi connectivity index (χ0) is 16.1. The minimum absolute atomic E-state index is 0.0935. The number of benzene rings is 1. The maximum atomic E-state index is 11.5. The predicted octanol–water partition coefficient (Wildman–Crippen LogP) is 0.400. The summed E-state index contributed by atoms with van der Waals surface area (Å²) in [6, 6.07) is 5.03. The number of carbonyl (C=O) groups is 2. The molecule has 22 heavy (non-hydrogen) atoms. The second-order valence-electron chi connectivity index (χ2n) is 4.37. The molecule has 0 spiro atoms. The summed E-state index contributed by atoms with van der Waals surface area (Å²) in [5.41, 5.74) is -0.109. The lowest BCUT2D eigenvalue weighted by atomic mass is 10.3. The molecular weight excluding hydrogens is 294 g/mol. The Morgan fingerprint density at radius 2 is 2.09 bits per heavy atom. The van der Waals surface area contributed by atoms with E-state index in [2.05, 4.69) is 5.32 Å². The number of carbonyl (C=O) groups excluding carboxylic acids is 2. The van der Waals surface area contributed by atoms with Gasteiger partial charge >= 0.3 is 6.09 Å². The summed E-state index contributed by atoms with van der Waals surface area (Å²) in [7, 11) is 0. The number of aliphatic hydroxyl groups is 1. The molecule has 9 nitrogen and oxygen atoms in total. The number of nitrogens with zero attached hydrogens (tertiary/aromatic N) is 2. The van der Waals surface area contributed by atoms with E-state index in [1.807, 2.05) is 0 Å². The highest BCUT2D eigenvalue weighted by Crippen LogP contribution is 2.17. The van der Waals surface area contributed by atoms with Crippen LogP contribution in [0, 0.1) is 10.1 Å². The predicted molar refractivity (Wildman–Crippen MR) is 74.0 cm³/mol. The van der Waals surface area contributed by atoms with Crippen molar-refractivity contribution in [3.63, 3.8) is 0 Å². The SMILES string of the molecule is O=C(NCCN1C(=O)C=CC1O)Oc1ccc([N+](=O)[O-])cc1. The summed E-state index contributed by atoms with van der Waals surface area (Å²) in [6.45, 7) is 0.221. The average molecular weight is 307 g/mol. The van der Waals surface area contributed by atoms with Crippen molar-refractivity contribution in [2.24, 2.45) is 0 Å². The Morgan fingerprint density at radius 1 is 1.41 bits per heavy atom. The number of nitrogens with one attached hydrogen (secondary N) is 1. The summed E-state index contributed by atoms with van der Waals surface area (Å²) >= 11 is 0. The topological polar surface area (TPSA) is 122 Å². The molecule has 1 aliphatic rings. The molecule has 0 saturated heterocycles. The van der Waals surface area contributed by atoms with Crippen molar-refractivity contribution in [2.75, 3.05) is 13.1 Å². The van der Waals surface area contributed by atoms with Crippen LogP contribution in [0.1, 0.15) is 0 Å². The molecule has 2 amide bonds. The van der Waals surface area contributed by atoms with Crippen LogP contribution in [-0.2, 0) is 4.79 Å². The van der Waals surface area contributed by atoms with Gasteiger partial charge in [-0.1, -0.05) is 0 Å². The van der Waals surface area contributed by atoms with Gasteiger partial charge in [-0.2, -0.15) is 0 Å². The van der Waals surface area contributed by atoms with E-state index in [1.54, 1.807) is 0 Å². The van der Waals surface area contributed by atoms with Crippen molar-refractivity contribution in [1.29, 1.82) is 0 Å². The molecule has 1 aromatic carbocycles. The van der Waals surface area contributed by atoms with Crippen LogP contribution in [0.3, 0.4) is 0 Å². The smallest absolute Gasteiger partial charge is 0.410 e. The first-order valence-corrected chi connectivity index (χ1v) is 6.34. The second-order valence-corrected chi connectivity index (χ2v) is 4.37. The van der Waals surface area contributed by atoms with Crippen LogP contribution in [0.5, 0.6) is 5.75 Å². The third-order valence-electron chi connectivity index (χ3n) is 2.89. The highest BCUT2D eigenvalue weighted by atomic mass is 16.6. The van der Waals surface area contributed by atoms with Gasteiger partial charge in [-0.3, -0.25) is 14.9 Å². The third kappa shape index (κ3) is 3.79. The van der Waals surface area contributed by atoms with Gasteiger partial charge in [0.25, 0.3) is 5.69 Å². The highest BCUT2D eigenvalue weighted by Gasteiger charge is 2.23. The minimum Gasteiger partial charge on any atom is -0.410 e. The zero-order valence-electron chi connectivity index (χ0n) is 11.3. The van der Waals surface area contributed by atoms with Crippen molar-refractivity contribution >= 4 is 17.7 Å². The lowest BCUT2D eigenvalue weighted by Gasteiger charge is -2.20. The van der Waals surface area contributed by atoms with Gasteiger partial charge in [-0.25, -0.2) is 4.79 Å². The molecule has 0 aromatic heterocycles. The van der Waals surface area contributed by atoms with E-state index >= 15 is 0 Å². The number of amides is 2. The normalized spacial score (nSPS) is 16.7. The van der Waals surface area contributed by atoms with Gasteiger partial charge in [0.2, 0.25) is 5.91 Å². The fourth-order valence-electron chi connectivity index (χ4n) is 1.80. The molecule has 1 heterocycles. The molecule has 0 radical (unpaired) electrons. The van der Waals surface area contributed by atoms with Crippen LogP contribution in [0.4, 0.5) is 10.5 Å². The summed E-state index contributed by atoms with van der Waals surface area (Å²) in [5, 5.41) is 22.3. The van der Waals surface area contributed by atoms with Crippen molar-refractivity contribution in [3.8, 4) is 5.75 Å². The molecule has 2 N–H and O–H groups in total. The van der Waals surface area contributed by atoms with E-state index in [9.17, 15) is 24.8 Å². The summed E-state index contributed by atoms with van der Waals surface area (Å²) in [5.74, 6) is -0.180. The molecule has 0 aliphatic carbocycles. The molecule has 1 unspecified atom stereocenters.